The number of aromatic nitrogens is 4. The number of anilines is 1. The van der Waals surface area contributed by atoms with Crippen molar-refractivity contribution in [3.8, 4) is 0 Å². The Hall–Kier alpha value is -4.24. The lowest BCUT2D eigenvalue weighted by Gasteiger charge is -2.32. The average Bonchev–Trinajstić information content (AvgIpc) is 3.64. The van der Waals surface area contributed by atoms with Crippen LogP contribution in [0.1, 0.15) is 78.7 Å². The highest BCUT2D eigenvalue weighted by Gasteiger charge is 2.32. The molecule has 4 atom stereocenters. The number of sulfonamides is 1. The van der Waals surface area contributed by atoms with E-state index in [0.29, 0.717) is 19.6 Å². The summed E-state index contributed by atoms with van der Waals surface area (Å²) in [5.41, 5.74) is 2.31. The van der Waals surface area contributed by atoms with Gasteiger partial charge in [0.15, 0.2) is 5.82 Å². The maximum Gasteiger partial charge on any atom is 0.269 e. The molecule has 3 N–H and O–H groups in total. The quantitative estimate of drug-likeness (QED) is 0.157. The zero-order valence-corrected chi connectivity index (χ0v) is 31.0. The van der Waals surface area contributed by atoms with Crippen molar-refractivity contribution in [3.63, 3.8) is 0 Å². The van der Waals surface area contributed by atoms with Crippen LogP contribution in [0.15, 0.2) is 71.6 Å². The number of rotatable bonds is 14. The third-order valence-corrected chi connectivity index (χ3v) is 11.6. The number of benzene rings is 2. The zero-order valence-electron chi connectivity index (χ0n) is 29.5. The van der Waals surface area contributed by atoms with Crippen LogP contribution in [0, 0.1) is 6.92 Å². The van der Waals surface area contributed by atoms with Gasteiger partial charge in [-0.3, -0.25) is 19.0 Å². The van der Waals surface area contributed by atoms with Crippen molar-refractivity contribution in [1.29, 1.82) is 0 Å². The van der Waals surface area contributed by atoms with E-state index in [1.54, 1.807) is 0 Å². The zero-order chi connectivity index (χ0) is 36.7. The van der Waals surface area contributed by atoms with E-state index in [0.717, 1.165) is 56.1 Å². The summed E-state index contributed by atoms with van der Waals surface area (Å²) in [6, 6.07) is 20.5. The monoisotopic (exact) mass is 751 g/mol. The molecule has 278 valence electrons. The van der Waals surface area contributed by atoms with E-state index in [1.165, 1.54) is 29.4 Å². The van der Waals surface area contributed by atoms with Crippen LogP contribution in [-0.4, -0.2) is 64.1 Å². The molecular weight excluding hydrogens is 706 g/mol. The van der Waals surface area contributed by atoms with E-state index >= 15 is 0 Å². The van der Waals surface area contributed by atoms with Crippen molar-refractivity contribution >= 4 is 39.3 Å². The summed E-state index contributed by atoms with van der Waals surface area (Å²) in [7, 11) is -2.71. The van der Waals surface area contributed by atoms with Gasteiger partial charge in [-0.25, -0.2) is 13.1 Å². The summed E-state index contributed by atoms with van der Waals surface area (Å²) in [5, 5.41) is 14.6. The topological polar surface area (TPSA) is 158 Å². The summed E-state index contributed by atoms with van der Waals surface area (Å²) in [6.07, 6.45) is 6.50. The molecule has 0 aliphatic heterocycles. The Morgan fingerprint density at radius 2 is 1.37 bits per heavy atom. The van der Waals surface area contributed by atoms with Crippen molar-refractivity contribution in [2.45, 2.75) is 107 Å². The van der Waals surface area contributed by atoms with E-state index in [-0.39, 0.29) is 64.0 Å². The number of hydrogen-bond acceptors (Lipinski definition) is 8. The molecule has 0 bridgehead atoms. The van der Waals surface area contributed by atoms with Gasteiger partial charge >= 0.3 is 0 Å². The molecule has 52 heavy (non-hydrogen) atoms. The second-order valence-corrected chi connectivity index (χ2v) is 15.5. The predicted octanol–water partition coefficient (Wildman–Crippen LogP) is 5.28. The van der Waals surface area contributed by atoms with Gasteiger partial charge in [0, 0.05) is 13.1 Å². The first-order chi connectivity index (χ1) is 25.1. The Labute approximate surface area is 309 Å². The van der Waals surface area contributed by atoms with Crippen molar-refractivity contribution in [3.05, 3.63) is 94.4 Å². The van der Waals surface area contributed by atoms with E-state index < -0.39 is 15.9 Å². The summed E-state index contributed by atoms with van der Waals surface area (Å²) < 4.78 is 44.4. The Bertz CT molecular complexity index is 1940. The average molecular weight is 752 g/mol. The fraction of sp³-hybridized carbons (Fsp3) is 0.459. The van der Waals surface area contributed by atoms with Crippen LogP contribution in [0.5, 0.6) is 0 Å². The number of amides is 2. The normalized spacial score (nSPS) is 20.7. The molecule has 6 rings (SSSR count). The van der Waals surface area contributed by atoms with Crippen molar-refractivity contribution < 1.29 is 27.5 Å². The summed E-state index contributed by atoms with van der Waals surface area (Å²) >= 11 is 6.29. The molecule has 2 aliphatic rings. The summed E-state index contributed by atoms with van der Waals surface area (Å²) in [6.45, 7) is 2.06. The van der Waals surface area contributed by atoms with E-state index in [9.17, 15) is 18.0 Å². The molecule has 0 unspecified atom stereocenters. The molecule has 0 spiro atoms. The van der Waals surface area contributed by atoms with Gasteiger partial charge in [0.05, 0.1) is 43.2 Å². The van der Waals surface area contributed by atoms with Crippen molar-refractivity contribution in [2.75, 3.05) is 4.72 Å². The minimum atomic E-state index is -4.25. The van der Waals surface area contributed by atoms with Gasteiger partial charge in [-0.15, -0.1) is 0 Å². The molecule has 2 fully saturated rings. The highest BCUT2D eigenvalue weighted by molar-refractivity contribution is 7.92. The van der Waals surface area contributed by atoms with Gasteiger partial charge in [0.25, 0.3) is 15.9 Å². The molecule has 4 aromatic rings. The highest BCUT2D eigenvalue weighted by atomic mass is 35.5. The van der Waals surface area contributed by atoms with Crippen LogP contribution in [0.3, 0.4) is 0 Å². The smallest absolute Gasteiger partial charge is 0.269 e. The number of carbonyl (C=O) groups excluding carboxylic acids is 2. The molecule has 2 aromatic heterocycles. The van der Waals surface area contributed by atoms with Crippen LogP contribution in [0.25, 0.3) is 0 Å². The van der Waals surface area contributed by atoms with Gasteiger partial charge in [-0.1, -0.05) is 97.9 Å². The Kier molecular flexibility index (Phi) is 12.3. The van der Waals surface area contributed by atoms with Crippen LogP contribution >= 0.6 is 11.6 Å². The van der Waals surface area contributed by atoms with Crippen LogP contribution in [-0.2, 0) is 51.1 Å². The molecule has 15 heteroatoms. The van der Waals surface area contributed by atoms with Crippen molar-refractivity contribution in [1.82, 2.24) is 30.2 Å². The first-order valence-electron chi connectivity index (χ1n) is 17.8. The maximum absolute atomic E-state index is 14.0. The highest BCUT2D eigenvalue weighted by Crippen LogP contribution is 2.28. The Morgan fingerprint density at radius 3 is 1.90 bits per heavy atom. The van der Waals surface area contributed by atoms with Crippen LogP contribution in [0.2, 0.25) is 5.15 Å². The first kappa shape index (κ1) is 37.5. The SMILES string of the molecule is Cc1nn(C)c(Cl)c1S(=O)(=O)Nc1cc(C(=O)N[C@H]2CCCC[C@@H]2OCc2ccccc2)n(CC(=O)N[C@H]2CCCC[C@@H]2OCc2ccccc2)n1. The number of nitrogens with one attached hydrogen (secondary N) is 3. The van der Waals surface area contributed by atoms with E-state index in [4.69, 9.17) is 21.1 Å². The minimum absolute atomic E-state index is 0.0229. The molecule has 2 amide bonds. The molecular formula is C37H46ClN7O6S. The fourth-order valence-electron chi connectivity index (χ4n) is 6.98. The lowest BCUT2D eigenvalue weighted by atomic mass is 9.92. The summed E-state index contributed by atoms with van der Waals surface area (Å²) in [5.74, 6) is -1.01. The minimum Gasteiger partial charge on any atom is -0.371 e. The third-order valence-electron chi connectivity index (χ3n) is 9.60. The second kappa shape index (κ2) is 17.1. The largest absolute Gasteiger partial charge is 0.371 e. The molecule has 2 heterocycles. The lowest BCUT2D eigenvalue weighted by Crippen LogP contribution is -2.48. The Balaban J connectivity index is 1.20. The fourth-order valence-corrected chi connectivity index (χ4v) is 8.72. The molecule has 2 saturated carbocycles. The molecule has 0 radical (unpaired) electrons. The number of hydrogen-bond donors (Lipinski definition) is 3. The van der Waals surface area contributed by atoms with Gasteiger partial charge in [-0.2, -0.15) is 10.2 Å². The first-order valence-corrected chi connectivity index (χ1v) is 19.6. The van der Waals surface area contributed by atoms with E-state index in [1.807, 2.05) is 60.7 Å². The number of ether oxygens (including phenoxy) is 2. The summed E-state index contributed by atoms with van der Waals surface area (Å²) in [4.78, 5) is 27.4. The maximum atomic E-state index is 14.0. The van der Waals surface area contributed by atoms with Gasteiger partial charge in [0.1, 0.15) is 22.3 Å². The van der Waals surface area contributed by atoms with Gasteiger partial charge in [-0.05, 0) is 43.7 Å². The van der Waals surface area contributed by atoms with Gasteiger partial charge in [0.2, 0.25) is 5.91 Å². The molecule has 0 saturated heterocycles. The number of aryl methyl sites for hydroxylation is 2. The predicted molar refractivity (Wildman–Crippen MR) is 196 cm³/mol. The number of halogens is 1. The van der Waals surface area contributed by atoms with Crippen LogP contribution in [0.4, 0.5) is 5.82 Å². The number of nitrogens with zero attached hydrogens (tertiary/aromatic N) is 4. The lowest BCUT2D eigenvalue weighted by molar-refractivity contribution is -0.124. The standard InChI is InChI=1S/C37H46ClN7O6S/c1-25-35(36(38)44(2)41-25)52(48,49)43-33-21-30(37(47)40-29-18-10-12-20-32(29)51-24-27-15-7-4-8-16-27)45(42-33)22-34(46)39-28-17-9-11-19-31(28)50-23-26-13-5-3-6-14-26/h3-8,13-16,21,28-29,31-32H,9-12,17-20,22-24H2,1-2H3,(H,39,46)(H,40,47)(H,42,43)/t28-,29-,31-,32-/m0/s1. The Morgan fingerprint density at radius 1 is 0.827 bits per heavy atom. The van der Waals surface area contributed by atoms with Crippen LogP contribution < -0.4 is 15.4 Å². The second-order valence-electron chi connectivity index (χ2n) is 13.5. The van der Waals surface area contributed by atoms with Gasteiger partial charge < -0.3 is 20.1 Å². The molecule has 13 nitrogen and oxygen atoms in total. The molecule has 2 aliphatic carbocycles. The third kappa shape index (κ3) is 9.40. The number of carbonyl (C=O) groups is 2. The molecule has 2 aromatic carbocycles. The van der Waals surface area contributed by atoms with E-state index in [2.05, 4.69) is 25.6 Å². The van der Waals surface area contributed by atoms with Crippen molar-refractivity contribution in [2.24, 2.45) is 7.05 Å².